The number of aromatic nitrogens is 1. The maximum atomic E-state index is 11.6. The first-order valence-corrected chi connectivity index (χ1v) is 5.75. The third-order valence-electron chi connectivity index (χ3n) is 2.97. The Bertz CT molecular complexity index is 376. The Hall–Kier alpha value is -1.23. The number of amides is 1. The molecule has 5 heteroatoms. The molecule has 0 bridgehead atoms. The number of rotatable bonds is 2. The van der Waals surface area contributed by atoms with Crippen LogP contribution in [0.1, 0.15) is 30.7 Å². The molecule has 0 atom stereocenters. The van der Waals surface area contributed by atoms with E-state index >= 15 is 0 Å². The van der Waals surface area contributed by atoms with Gasteiger partial charge in [0.1, 0.15) is 16.2 Å². The fraction of sp³-hybridized carbons (Fsp3) is 0.500. The van der Waals surface area contributed by atoms with E-state index in [1.807, 2.05) is 5.38 Å². The van der Waals surface area contributed by atoms with Crippen LogP contribution in [0.4, 0.5) is 0 Å². The van der Waals surface area contributed by atoms with Crippen LogP contribution < -0.4 is 5.73 Å². The van der Waals surface area contributed by atoms with Crippen LogP contribution in [-0.4, -0.2) is 16.7 Å². The summed E-state index contributed by atoms with van der Waals surface area (Å²) in [6, 6.07) is 0. The van der Waals surface area contributed by atoms with Gasteiger partial charge in [-0.1, -0.05) is 0 Å². The number of carbonyl (C=O) groups excluding carboxylic acids is 2. The van der Waals surface area contributed by atoms with Gasteiger partial charge in [-0.15, -0.1) is 11.3 Å². The van der Waals surface area contributed by atoms with Gasteiger partial charge in [0.15, 0.2) is 0 Å². The number of carbonyl (C=O) groups is 2. The molecule has 0 spiro atoms. The standard InChI is InChI=1S/C10H12N2O2S/c11-8(14)10(9-12-5-6-15-9)3-1-7(13)2-4-10/h5-6H,1-4H2,(H2,11,14). The van der Waals surface area contributed by atoms with Crippen LogP contribution in [0.2, 0.25) is 0 Å². The van der Waals surface area contributed by atoms with E-state index in [9.17, 15) is 9.59 Å². The smallest absolute Gasteiger partial charge is 0.230 e. The number of Topliss-reactive ketones (excluding diaryl/α,β-unsaturated/α-hetero) is 1. The topological polar surface area (TPSA) is 73.1 Å². The zero-order chi connectivity index (χ0) is 10.9. The third-order valence-corrected chi connectivity index (χ3v) is 3.95. The van der Waals surface area contributed by atoms with Crippen molar-refractivity contribution in [1.82, 2.24) is 4.98 Å². The number of hydrogen-bond acceptors (Lipinski definition) is 4. The van der Waals surface area contributed by atoms with Gasteiger partial charge in [0.25, 0.3) is 0 Å². The minimum atomic E-state index is -0.692. The summed E-state index contributed by atoms with van der Waals surface area (Å²) in [5.41, 5.74) is 4.76. The quantitative estimate of drug-likeness (QED) is 0.814. The molecule has 1 aromatic rings. The van der Waals surface area contributed by atoms with Gasteiger partial charge in [-0.05, 0) is 12.8 Å². The first-order valence-electron chi connectivity index (χ1n) is 4.87. The van der Waals surface area contributed by atoms with Crippen LogP contribution in [-0.2, 0) is 15.0 Å². The highest BCUT2D eigenvalue weighted by Gasteiger charge is 2.43. The van der Waals surface area contributed by atoms with E-state index in [1.54, 1.807) is 6.20 Å². The minimum Gasteiger partial charge on any atom is -0.369 e. The van der Waals surface area contributed by atoms with Gasteiger partial charge in [0.2, 0.25) is 5.91 Å². The van der Waals surface area contributed by atoms with E-state index < -0.39 is 5.41 Å². The van der Waals surface area contributed by atoms with Gasteiger partial charge in [-0.3, -0.25) is 9.59 Å². The summed E-state index contributed by atoms with van der Waals surface area (Å²) in [4.78, 5) is 26.9. The summed E-state index contributed by atoms with van der Waals surface area (Å²) in [6.45, 7) is 0. The largest absolute Gasteiger partial charge is 0.369 e. The van der Waals surface area contributed by atoms with Gasteiger partial charge in [-0.25, -0.2) is 4.98 Å². The van der Waals surface area contributed by atoms with Gasteiger partial charge in [0.05, 0.1) is 0 Å². The lowest BCUT2D eigenvalue weighted by Crippen LogP contribution is -2.44. The van der Waals surface area contributed by atoms with E-state index in [2.05, 4.69) is 4.98 Å². The van der Waals surface area contributed by atoms with Crippen LogP contribution in [0.15, 0.2) is 11.6 Å². The second kappa shape index (κ2) is 3.73. The lowest BCUT2D eigenvalue weighted by Gasteiger charge is -2.31. The van der Waals surface area contributed by atoms with Gasteiger partial charge in [0, 0.05) is 24.4 Å². The molecule has 1 fully saturated rings. The van der Waals surface area contributed by atoms with E-state index in [4.69, 9.17) is 5.73 Å². The number of nitrogens with two attached hydrogens (primary N) is 1. The molecule has 1 amide bonds. The highest BCUT2D eigenvalue weighted by molar-refractivity contribution is 7.09. The van der Waals surface area contributed by atoms with Gasteiger partial charge < -0.3 is 5.73 Å². The molecule has 80 valence electrons. The normalized spacial score (nSPS) is 20.1. The maximum absolute atomic E-state index is 11.6. The number of ketones is 1. The van der Waals surface area contributed by atoms with Crippen molar-refractivity contribution < 1.29 is 9.59 Å². The molecule has 15 heavy (non-hydrogen) atoms. The molecule has 1 saturated carbocycles. The van der Waals surface area contributed by atoms with Crippen molar-refractivity contribution >= 4 is 23.0 Å². The van der Waals surface area contributed by atoms with Crippen LogP contribution in [0.3, 0.4) is 0 Å². The minimum absolute atomic E-state index is 0.212. The predicted molar refractivity (Wildman–Crippen MR) is 56.5 cm³/mol. The summed E-state index contributed by atoms with van der Waals surface area (Å²) in [5.74, 6) is -0.145. The summed E-state index contributed by atoms with van der Waals surface area (Å²) < 4.78 is 0. The lowest BCUT2D eigenvalue weighted by atomic mass is 9.73. The first-order chi connectivity index (χ1) is 7.15. The Kier molecular flexibility index (Phi) is 2.56. The van der Waals surface area contributed by atoms with E-state index in [-0.39, 0.29) is 11.7 Å². The van der Waals surface area contributed by atoms with E-state index in [0.29, 0.717) is 25.7 Å². The second-order valence-electron chi connectivity index (χ2n) is 3.82. The summed E-state index contributed by atoms with van der Waals surface area (Å²) >= 11 is 1.43. The Labute approximate surface area is 91.5 Å². The van der Waals surface area contributed by atoms with E-state index in [1.165, 1.54) is 11.3 Å². The Morgan fingerprint density at radius 1 is 1.47 bits per heavy atom. The van der Waals surface area contributed by atoms with Crippen molar-refractivity contribution in [2.45, 2.75) is 31.1 Å². The SMILES string of the molecule is NC(=O)C1(c2nccs2)CCC(=O)CC1. The first kappa shape index (κ1) is 10.3. The fourth-order valence-corrected chi connectivity index (χ4v) is 2.88. The molecule has 0 radical (unpaired) electrons. The average molecular weight is 224 g/mol. The second-order valence-corrected chi connectivity index (χ2v) is 4.72. The van der Waals surface area contributed by atoms with Gasteiger partial charge in [-0.2, -0.15) is 0 Å². The van der Waals surface area contributed by atoms with Crippen molar-refractivity contribution in [3.8, 4) is 0 Å². The van der Waals surface area contributed by atoms with Crippen LogP contribution >= 0.6 is 11.3 Å². The molecule has 4 nitrogen and oxygen atoms in total. The molecule has 2 N–H and O–H groups in total. The molecule has 0 saturated heterocycles. The fourth-order valence-electron chi connectivity index (χ4n) is 1.98. The highest BCUT2D eigenvalue weighted by atomic mass is 32.1. The molecule has 0 aromatic carbocycles. The predicted octanol–water partition coefficient (Wildman–Crippen LogP) is 1.01. The molecule has 0 aliphatic heterocycles. The summed E-state index contributed by atoms with van der Waals surface area (Å²) in [7, 11) is 0. The van der Waals surface area contributed by atoms with Crippen LogP contribution in [0.5, 0.6) is 0 Å². The maximum Gasteiger partial charge on any atom is 0.230 e. The Balaban J connectivity index is 2.34. The lowest BCUT2D eigenvalue weighted by molar-refractivity contribution is -0.128. The molecule has 1 aromatic heterocycles. The van der Waals surface area contributed by atoms with Crippen molar-refractivity contribution in [1.29, 1.82) is 0 Å². The van der Waals surface area contributed by atoms with Crippen molar-refractivity contribution in [3.05, 3.63) is 16.6 Å². The molecule has 2 rings (SSSR count). The van der Waals surface area contributed by atoms with Crippen molar-refractivity contribution in [2.24, 2.45) is 5.73 Å². The zero-order valence-electron chi connectivity index (χ0n) is 8.23. The Morgan fingerprint density at radius 2 is 2.13 bits per heavy atom. The molecule has 1 aliphatic rings. The van der Waals surface area contributed by atoms with Crippen molar-refractivity contribution in [3.63, 3.8) is 0 Å². The number of primary amides is 1. The third kappa shape index (κ3) is 1.67. The Morgan fingerprint density at radius 3 is 2.60 bits per heavy atom. The number of hydrogen-bond donors (Lipinski definition) is 1. The molecule has 1 aliphatic carbocycles. The van der Waals surface area contributed by atoms with Crippen LogP contribution in [0, 0.1) is 0 Å². The average Bonchev–Trinajstić information content (AvgIpc) is 2.72. The molecule has 1 heterocycles. The summed E-state index contributed by atoms with van der Waals surface area (Å²) in [5, 5.41) is 2.58. The number of nitrogens with zero attached hydrogens (tertiary/aromatic N) is 1. The molecular formula is C10H12N2O2S. The zero-order valence-corrected chi connectivity index (χ0v) is 9.05. The van der Waals surface area contributed by atoms with Gasteiger partial charge >= 0.3 is 0 Å². The summed E-state index contributed by atoms with van der Waals surface area (Å²) in [6.07, 6.45) is 3.55. The molecule has 0 unspecified atom stereocenters. The monoisotopic (exact) mass is 224 g/mol. The van der Waals surface area contributed by atoms with Crippen molar-refractivity contribution in [2.75, 3.05) is 0 Å². The van der Waals surface area contributed by atoms with E-state index in [0.717, 1.165) is 5.01 Å². The molecular weight excluding hydrogens is 212 g/mol. The van der Waals surface area contributed by atoms with Crippen LogP contribution in [0.25, 0.3) is 0 Å². The number of thiazole rings is 1. The highest BCUT2D eigenvalue weighted by Crippen LogP contribution is 2.38.